The number of nitrogens with zero attached hydrogens (tertiary/aromatic N) is 2. The SMILES string of the molecule is O=C(c1cccnc1OC1CCOC1)N1CC(O)C1. The highest BCUT2D eigenvalue weighted by molar-refractivity contribution is 5.96. The van der Waals surface area contributed by atoms with Gasteiger partial charge in [0.1, 0.15) is 11.7 Å². The molecule has 2 aliphatic rings. The van der Waals surface area contributed by atoms with Gasteiger partial charge in [0, 0.05) is 25.7 Å². The predicted molar refractivity (Wildman–Crippen MR) is 66.0 cm³/mol. The minimum atomic E-state index is -0.409. The molecule has 1 N–H and O–H groups in total. The summed E-state index contributed by atoms with van der Waals surface area (Å²) in [5, 5.41) is 9.26. The van der Waals surface area contributed by atoms with Crippen molar-refractivity contribution in [3.8, 4) is 5.88 Å². The highest BCUT2D eigenvalue weighted by Gasteiger charge is 2.32. The van der Waals surface area contributed by atoms with Crippen LogP contribution in [0.1, 0.15) is 16.8 Å². The average molecular weight is 264 g/mol. The predicted octanol–water partition coefficient (Wildman–Crippen LogP) is 0.0660. The summed E-state index contributed by atoms with van der Waals surface area (Å²) in [5.74, 6) is 0.205. The Hall–Kier alpha value is -1.66. The van der Waals surface area contributed by atoms with Gasteiger partial charge in [-0.05, 0) is 12.1 Å². The van der Waals surface area contributed by atoms with E-state index in [0.29, 0.717) is 37.7 Å². The molecule has 1 atom stereocenters. The zero-order valence-corrected chi connectivity index (χ0v) is 10.5. The summed E-state index contributed by atoms with van der Waals surface area (Å²) in [7, 11) is 0. The minimum absolute atomic E-state index is 0.0385. The third-order valence-electron chi connectivity index (χ3n) is 3.32. The Balaban J connectivity index is 1.74. The maximum atomic E-state index is 12.2. The van der Waals surface area contributed by atoms with Crippen LogP contribution in [0.5, 0.6) is 5.88 Å². The minimum Gasteiger partial charge on any atom is -0.471 e. The van der Waals surface area contributed by atoms with Gasteiger partial charge in [0.25, 0.3) is 5.91 Å². The van der Waals surface area contributed by atoms with Crippen LogP contribution >= 0.6 is 0 Å². The molecule has 2 aliphatic heterocycles. The molecule has 0 spiro atoms. The molecule has 0 radical (unpaired) electrons. The molecule has 1 unspecified atom stereocenters. The van der Waals surface area contributed by atoms with Crippen LogP contribution in [-0.4, -0.2) is 59.4 Å². The molecule has 0 saturated carbocycles. The maximum absolute atomic E-state index is 12.2. The van der Waals surface area contributed by atoms with E-state index >= 15 is 0 Å². The van der Waals surface area contributed by atoms with Crippen LogP contribution in [-0.2, 0) is 4.74 Å². The quantitative estimate of drug-likeness (QED) is 0.836. The summed E-state index contributed by atoms with van der Waals surface area (Å²) < 4.78 is 11.0. The number of rotatable bonds is 3. The third kappa shape index (κ3) is 2.54. The van der Waals surface area contributed by atoms with Crippen LogP contribution < -0.4 is 4.74 Å². The highest BCUT2D eigenvalue weighted by atomic mass is 16.5. The first kappa shape index (κ1) is 12.4. The maximum Gasteiger partial charge on any atom is 0.259 e. The van der Waals surface area contributed by atoms with Gasteiger partial charge in [0.2, 0.25) is 5.88 Å². The van der Waals surface area contributed by atoms with Crippen LogP contribution in [0.4, 0.5) is 0 Å². The zero-order valence-electron chi connectivity index (χ0n) is 10.5. The normalized spacial score (nSPS) is 23.2. The highest BCUT2D eigenvalue weighted by Crippen LogP contribution is 2.22. The van der Waals surface area contributed by atoms with Crippen molar-refractivity contribution in [3.05, 3.63) is 23.9 Å². The van der Waals surface area contributed by atoms with Crippen molar-refractivity contribution in [3.63, 3.8) is 0 Å². The summed E-state index contributed by atoms with van der Waals surface area (Å²) in [6, 6.07) is 3.41. The van der Waals surface area contributed by atoms with Crippen molar-refractivity contribution in [1.29, 1.82) is 0 Å². The first-order valence-electron chi connectivity index (χ1n) is 6.41. The summed E-state index contributed by atoms with van der Waals surface area (Å²) in [6.45, 7) is 1.96. The number of carbonyl (C=O) groups excluding carboxylic acids is 1. The lowest BCUT2D eigenvalue weighted by atomic mass is 10.1. The number of amides is 1. The lowest BCUT2D eigenvalue weighted by Crippen LogP contribution is -2.53. The second kappa shape index (κ2) is 5.14. The molecule has 3 heterocycles. The van der Waals surface area contributed by atoms with Gasteiger partial charge in [0.15, 0.2) is 0 Å². The molecule has 6 nitrogen and oxygen atoms in total. The van der Waals surface area contributed by atoms with Crippen molar-refractivity contribution in [2.24, 2.45) is 0 Å². The monoisotopic (exact) mass is 264 g/mol. The van der Waals surface area contributed by atoms with E-state index in [1.54, 1.807) is 23.2 Å². The van der Waals surface area contributed by atoms with Crippen molar-refractivity contribution in [2.75, 3.05) is 26.3 Å². The van der Waals surface area contributed by atoms with Gasteiger partial charge in [-0.25, -0.2) is 4.98 Å². The summed E-state index contributed by atoms with van der Waals surface area (Å²) in [4.78, 5) is 17.9. The number of hydrogen-bond donors (Lipinski definition) is 1. The molecule has 1 amide bonds. The molecule has 19 heavy (non-hydrogen) atoms. The molecule has 2 fully saturated rings. The van der Waals surface area contributed by atoms with Crippen LogP contribution in [0, 0.1) is 0 Å². The molecule has 1 aromatic heterocycles. The Bertz CT molecular complexity index is 467. The second-order valence-corrected chi connectivity index (χ2v) is 4.82. The number of likely N-dealkylation sites (tertiary alicyclic amines) is 1. The van der Waals surface area contributed by atoms with Crippen molar-refractivity contribution in [2.45, 2.75) is 18.6 Å². The molecular weight excluding hydrogens is 248 g/mol. The largest absolute Gasteiger partial charge is 0.471 e. The van der Waals surface area contributed by atoms with Gasteiger partial charge in [-0.15, -0.1) is 0 Å². The van der Waals surface area contributed by atoms with Crippen LogP contribution in [0.25, 0.3) is 0 Å². The number of pyridine rings is 1. The molecule has 1 aromatic rings. The Labute approximate surface area is 111 Å². The lowest BCUT2D eigenvalue weighted by Gasteiger charge is -2.36. The number of aliphatic hydroxyl groups excluding tert-OH is 1. The van der Waals surface area contributed by atoms with Gasteiger partial charge < -0.3 is 19.5 Å². The van der Waals surface area contributed by atoms with Crippen LogP contribution in [0.15, 0.2) is 18.3 Å². The van der Waals surface area contributed by atoms with E-state index in [2.05, 4.69) is 4.98 Å². The number of β-amino-alcohol motifs (C(OH)–C–C–N with tert-alkyl or cyclic N) is 1. The van der Waals surface area contributed by atoms with Gasteiger partial charge in [-0.3, -0.25) is 4.79 Å². The number of carbonyl (C=O) groups is 1. The molecule has 102 valence electrons. The van der Waals surface area contributed by atoms with Gasteiger partial charge in [0.05, 0.1) is 19.3 Å². The summed E-state index contributed by atoms with van der Waals surface area (Å²) in [6.07, 6.45) is 1.97. The van der Waals surface area contributed by atoms with E-state index in [1.165, 1.54) is 0 Å². The molecule has 3 rings (SSSR count). The number of ether oxygens (including phenoxy) is 2. The number of aromatic nitrogens is 1. The van der Waals surface area contributed by atoms with E-state index in [1.807, 2.05) is 0 Å². The Kier molecular flexibility index (Phi) is 3.35. The Morgan fingerprint density at radius 2 is 2.37 bits per heavy atom. The standard InChI is InChI=1S/C13H16N2O4/c16-9-6-15(7-9)13(17)11-2-1-4-14-12(11)19-10-3-5-18-8-10/h1-2,4,9-10,16H,3,5-8H2. The third-order valence-corrected chi connectivity index (χ3v) is 3.32. The fourth-order valence-corrected chi connectivity index (χ4v) is 2.20. The van der Waals surface area contributed by atoms with E-state index in [0.717, 1.165) is 6.42 Å². The van der Waals surface area contributed by atoms with Crippen LogP contribution in [0.2, 0.25) is 0 Å². The fraction of sp³-hybridized carbons (Fsp3) is 0.538. The van der Waals surface area contributed by atoms with Crippen molar-refractivity contribution >= 4 is 5.91 Å². The zero-order chi connectivity index (χ0) is 13.2. The smallest absolute Gasteiger partial charge is 0.259 e. The van der Waals surface area contributed by atoms with Crippen LogP contribution in [0.3, 0.4) is 0 Å². The molecule has 0 aromatic carbocycles. The van der Waals surface area contributed by atoms with E-state index < -0.39 is 6.10 Å². The first-order chi connectivity index (χ1) is 9.24. The van der Waals surface area contributed by atoms with Gasteiger partial charge >= 0.3 is 0 Å². The number of aliphatic hydroxyl groups is 1. The van der Waals surface area contributed by atoms with Gasteiger partial charge in [-0.2, -0.15) is 0 Å². The average Bonchev–Trinajstić information content (AvgIpc) is 2.88. The molecule has 0 aliphatic carbocycles. The van der Waals surface area contributed by atoms with Crippen molar-refractivity contribution < 1.29 is 19.4 Å². The molecule has 6 heteroatoms. The molecule has 2 saturated heterocycles. The molecular formula is C13H16N2O4. The number of hydrogen-bond acceptors (Lipinski definition) is 5. The van der Waals surface area contributed by atoms with E-state index in [9.17, 15) is 9.90 Å². The van der Waals surface area contributed by atoms with E-state index in [-0.39, 0.29) is 12.0 Å². The first-order valence-corrected chi connectivity index (χ1v) is 6.41. The van der Waals surface area contributed by atoms with E-state index in [4.69, 9.17) is 9.47 Å². The Morgan fingerprint density at radius 3 is 3.05 bits per heavy atom. The second-order valence-electron chi connectivity index (χ2n) is 4.82. The topological polar surface area (TPSA) is 71.9 Å². The summed E-state index contributed by atoms with van der Waals surface area (Å²) in [5.41, 5.74) is 0.446. The summed E-state index contributed by atoms with van der Waals surface area (Å²) >= 11 is 0. The Morgan fingerprint density at radius 1 is 1.53 bits per heavy atom. The van der Waals surface area contributed by atoms with Gasteiger partial charge in [-0.1, -0.05) is 0 Å². The molecule has 0 bridgehead atoms. The fourth-order valence-electron chi connectivity index (χ4n) is 2.20. The van der Waals surface area contributed by atoms with Crippen molar-refractivity contribution in [1.82, 2.24) is 9.88 Å². The lowest BCUT2D eigenvalue weighted by molar-refractivity contribution is 0.00544.